The Morgan fingerprint density at radius 3 is 1.40 bits per heavy atom. The molecule has 278 valence electrons. The van der Waals surface area contributed by atoms with E-state index in [9.17, 15) is 24.0 Å². The van der Waals surface area contributed by atoms with Crippen molar-refractivity contribution in [2.75, 3.05) is 13.2 Å². The summed E-state index contributed by atoms with van der Waals surface area (Å²) >= 11 is 0. The highest BCUT2D eigenvalue weighted by atomic mass is 16.7. The third-order valence-corrected chi connectivity index (χ3v) is 7.68. The van der Waals surface area contributed by atoms with Crippen LogP contribution in [0.4, 0.5) is 0 Å². The fraction of sp³-hybridized carbons (Fsp3) is 0.861. The van der Waals surface area contributed by atoms with Crippen LogP contribution in [0.2, 0.25) is 0 Å². The van der Waals surface area contributed by atoms with Crippen LogP contribution in [0.5, 0.6) is 0 Å². The second-order valence-corrected chi connectivity index (χ2v) is 13.6. The lowest BCUT2D eigenvalue weighted by atomic mass is 9.98. The van der Waals surface area contributed by atoms with Crippen molar-refractivity contribution in [1.82, 2.24) is 0 Å². The smallest absolute Gasteiger partial charge is 0.306 e. The van der Waals surface area contributed by atoms with Gasteiger partial charge in [-0.2, -0.15) is 0 Å². The van der Waals surface area contributed by atoms with E-state index in [1.54, 1.807) is 0 Å². The number of ether oxygens (including phenoxy) is 7. The van der Waals surface area contributed by atoms with E-state index in [4.69, 9.17) is 33.2 Å². The molecule has 0 aromatic heterocycles. The van der Waals surface area contributed by atoms with Crippen LogP contribution in [0.1, 0.15) is 151 Å². The number of unbranched alkanes of at least 4 members (excludes halogenated alkanes) is 14. The third-order valence-electron chi connectivity index (χ3n) is 7.68. The molecule has 5 atom stereocenters. The number of hydrogen-bond acceptors (Lipinski definition) is 12. The molecule has 0 bridgehead atoms. The van der Waals surface area contributed by atoms with Crippen molar-refractivity contribution >= 4 is 29.8 Å². The lowest BCUT2D eigenvalue weighted by molar-refractivity contribution is -0.308. The molecule has 48 heavy (non-hydrogen) atoms. The van der Waals surface area contributed by atoms with Gasteiger partial charge < -0.3 is 33.2 Å². The van der Waals surface area contributed by atoms with E-state index in [-0.39, 0.29) is 12.6 Å². The van der Waals surface area contributed by atoms with Crippen LogP contribution in [0, 0.1) is 0 Å². The Bertz CT molecular complexity index is 959. The highest BCUT2D eigenvalue weighted by molar-refractivity contribution is 5.70. The molecule has 0 amide bonds. The number of hydrogen-bond donors (Lipinski definition) is 0. The van der Waals surface area contributed by atoms with Crippen molar-refractivity contribution in [1.29, 1.82) is 0 Å². The number of carbonyl (C=O) groups is 5. The predicted octanol–water partition coefficient (Wildman–Crippen LogP) is 6.67. The third kappa shape index (κ3) is 21.3. The van der Waals surface area contributed by atoms with Crippen LogP contribution in [0.25, 0.3) is 0 Å². The Labute approximate surface area is 287 Å². The Morgan fingerprint density at radius 2 is 0.958 bits per heavy atom. The van der Waals surface area contributed by atoms with Crippen molar-refractivity contribution < 1.29 is 57.1 Å². The summed E-state index contributed by atoms with van der Waals surface area (Å²) in [7, 11) is 0. The van der Waals surface area contributed by atoms with Crippen molar-refractivity contribution in [3.05, 3.63) is 0 Å². The zero-order valence-corrected chi connectivity index (χ0v) is 30.5. The highest BCUT2D eigenvalue weighted by Gasteiger charge is 2.52. The normalized spacial score (nSPS) is 20.9. The Kier molecular flexibility index (Phi) is 22.0. The largest absolute Gasteiger partial charge is 0.463 e. The van der Waals surface area contributed by atoms with Gasteiger partial charge in [-0.15, -0.1) is 0 Å². The fourth-order valence-electron chi connectivity index (χ4n) is 5.58. The predicted molar refractivity (Wildman–Crippen MR) is 178 cm³/mol. The maximum atomic E-state index is 11.9. The van der Waals surface area contributed by atoms with E-state index < -0.39 is 60.2 Å². The van der Waals surface area contributed by atoms with E-state index in [1.807, 2.05) is 20.8 Å². The Hall–Kier alpha value is -2.73. The van der Waals surface area contributed by atoms with Crippen LogP contribution < -0.4 is 0 Å². The fourth-order valence-corrected chi connectivity index (χ4v) is 5.58. The van der Waals surface area contributed by atoms with Gasteiger partial charge in [-0.25, -0.2) is 0 Å². The maximum absolute atomic E-state index is 11.9. The van der Waals surface area contributed by atoms with Crippen LogP contribution in [-0.4, -0.2) is 79.4 Å². The topological polar surface area (TPSA) is 150 Å². The van der Waals surface area contributed by atoms with Crippen LogP contribution in [-0.2, 0) is 57.1 Å². The van der Waals surface area contributed by atoms with Gasteiger partial charge in [-0.3, -0.25) is 24.0 Å². The standard InChI is InChI=1S/C36H62O12/c1-26(37)43-25-30-32(44-27(2)38)33(45-28(3)39)34(46-29(4)40)35(47-30)42-24-22-20-18-16-14-12-10-8-9-11-13-15-17-19-21-23-31(41)48-36(5,6)7/h30,32-35H,8-25H2,1-7H3/t30-,32-,33+,34-,35-/m1/s1. The zero-order chi connectivity index (χ0) is 36.0. The first kappa shape index (κ1) is 43.3. The molecule has 12 nitrogen and oxygen atoms in total. The molecule has 0 N–H and O–H groups in total. The van der Waals surface area contributed by atoms with Crippen LogP contribution in [0.3, 0.4) is 0 Å². The molecular formula is C36H62O12. The van der Waals surface area contributed by atoms with Gasteiger partial charge in [-0.05, 0) is 33.6 Å². The molecule has 0 saturated carbocycles. The molecule has 1 fully saturated rings. The maximum Gasteiger partial charge on any atom is 0.306 e. The molecule has 1 saturated heterocycles. The monoisotopic (exact) mass is 686 g/mol. The van der Waals surface area contributed by atoms with E-state index in [1.165, 1.54) is 85.5 Å². The SMILES string of the molecule is CC(=O)OC[C@H]1O[C@@H](OCCCCCCCCCCCCCCCCCC(=O)OC(C)(C)C)[C@H](OC(C)=O)[C@@H](OC(C)=O)[C@@H]1OC(C)=O. The highest BCUT2D eigenvalue weighted by Crippen LogP contribution is 2.30. The van der Waals surface area contributed by atoms with Gasteiger partial charge in [0.1, 0.15) is 18.3 Å². The molecular weight excluding hydrogens is 624 g/mol. The van der Waals surface area contributed by atoms with Crippen molar-refractivity contribution in [2.24, 2.45) is 0 Å². The molecule has 1 aliphatic heterocycles. The molecule has 0 aromatic rings. The van der Waals surface area contributed by atoms with Crippen molar-refractivity contribution in [3.8, 4) is 0 Å². The van der Waals surface area contributed by atoms with Gasteiger partial charge in [-0.1, -0.05) is 83.5 Å². The van der Waals surface area contributed by atoms with E-state index in [2.05, 4.69) is 0 Å². The number of esters is 5. The van der Waals surface area contributed by atoms with Gasteiger partial charge in [0.2, 0.25) is 0 Å². The summed E-state index contributed by atoms with van der Waals surface area (Å²) in [6, 6.07) is 0. The molecule has 1 aliphatic rings. The Balaban J connectivity index is 2.29. The minimum atomic E-state index is -1.23. The molecule has 12 heteroatoms. The molecule has 0 unspecified atom stereocenters. The summed E-state index contributed by atoms with van der Waals surface area (Å²) in [6.07, 6.45) is 11.8. The van der Waals surface area contributed by atoms with E-state index in [0.717, 1.165) is 38.5 Å². The van der Waals surface area contributed by atoms with Crippen molar-refractivity contribution in [3.63, 3.8) is 0 Å². The molecule has 0 aromatic carbocycles. The second-order valence-electron chi connectivity index (χ2n) is 13.6. The minimum Gasteiger partial charge on any atom is -0.463 e. The summed E-state index contributed by atoms with van der Waals surface area (Å²) in [5.41, 5.74) is -0.402. The summed E-state index contributed by atoms with van der Waals surface area (Å²) in [5.74, 6) is -2.68. The van der Waals surface area contributed by atoms with Crippen LogP contribution >= 0.6 is 0 Å². The first-order valence-corrected chi connectivity index (χ1v) is 17.8. The minimum absolute atomic E-state index is 0.0973. The van der Waals surface area contributed by atoms with Crippen molar-refractivity contribution in [2.45, 2.75) is 188 Å². The molecule has 0 aliphatic carbocycles. The molecule has 1 heterocycles. The average molecular weight is 687 g/mol. The lowest BCUT2D eigenvalue weighted by Gasteiger charge is -2.44. The van der Waals surface area contributed by atoms with E-state index in [0.29, 0.717) is 13.0 Å². The second kappa shape index (κ2) is 24.4. The number of rotatable bonds is 24. The molecule has 0 radical (unpaired) electrons. The number of carbonyl (C=O) groups excluding carboxylic acids is 5. The van der Waals surface area contributed by atoms with Gasteiger partial charge >= 0.3 is 29.8 Å². The van der Waals surface area contributed by atoms with Gasteiger partial charge in [0.05, 0.1) is 0 Å². The summed E-state index contributed by atoms with van der Waals surface area (Å²) in [6.45, 7) is 10.5. The first-order valence-electron chi connectivity index (χ1n) is 17.8. The lowest BCUT2D eigenvalue weighted by Crippen LogP contribution is -2.63. The average Bonchev–Trinajstić information content (AvgIpc) is 2.96. The molecule has 0 spiro atoms. The van der Waals surface area contributed by atoms with Gasteiger partial charge in [0.25, 0.3) is 0 Å². The quantitative estimate of drug-likeness (QED) is 0.0606. The van der Waals surface area contributed by atoms with Gasteiger partial charge in [0, 0.05) is 40.7 Å². The summed E-state index contributed by atoms with van der Waals surface area (Å²) < 4.78 is 38.6. The zero-order valence-electron chi connectivity index (χ0n) is 30.5. The first-order chi connectivity index (χ1) is 22.7. The summed E-state index contributed by atoms with van der Waals surface area (Å²) in [4.78, 5) is 58.9. The summed E-state index contributed by atoms with van der Waals surface area (Å²) in [5, 5.41) is 0. The Morgan fingerprint density at radius 1 is 0.542 bits per heavy atom. The van der Waals surface area contributed by atoms with E-state index >= 15 is 0 Å². The van der Waals surface area contributed by atoms with Gasteiger partial charge in [0.15, 0.2) is 24.6 Å². The van der Waals surface area contributed by atoms with Crippen LogP contribution in [0.15, 0.2) is 0 Å². The molecule has 1 rings (SSSR count).